The van der Waals surface area contributed by atoms with Crippen LogP contribution >= 0.6 is 11.8 Å². The molecule has 0 saturated carbocycles. The average Bonchev–Trinajstić information content (AvgIpc) is 3.17. The topological polar surface area (TPSA) is 55.2 Å². The van der Waals surface area contributed by atoms with Crippen LogP contribution in [0.15, 0.2) is 46.5 Å². The van der Waals surface area contributed by atoms with E-state index in [9.17, 15) is 9.59 Å². The first-order valence-corrected chi connectivity index (χ1v) is 10.3. The van der Waals surface area contributed by atoms with E-state index in [4.69, 9.17) is 0 Å². The molecule has 0 bridgehead atoms. The molecule has 0 N–H and O–H groups in total. The van der Waals surface area contributed by atoms with Gasteiger partial charge in [0.25, 0.3) is 11.5 Å². The molecule has 0 atom stereocenters. The molecule has 4 rings (SSSR count). The largest absolute Gasteiger partial charge is 0.338 e. The molecule has 0 aliphatic carbocycles. The van der Waals surface area contributed by atoms with Gasteiger partial charge in [0.2, 0.25) is 0 Å². The number of amides is 1. The molecule has 136 valence electrons. The molecule has 3 heterocycles. The van der Waals surface area contributed by atoms with Crippen molar-refractivity contribution in [1.29, 1.82) is 0 Å². The molecule has 0 unspecified atom stereocenters. The summed E-state index contributed by atoms with van der Waals surface area (Å²) in [6, 6.07) is 10.6. The van der Waals surface area contributed by atoms with Crippen molar-refractivity contribution < 1.29 is 4.79 Å². The monoisotopic (exact) mass is 369 g/mol. The summed E-state index contributed by atoms with van der Waals surface area (Å²) >= 11 is 1.57. The van der Waals surface area contributed by atoms with Crippen LogP contribution in [0, 0.1) is 5.92 Å². The third kappa shape index (κ3) is 3.56. The van der Waals surface area contributed by atoms with E-state index in [-0.39, 0.29) is 17.0 Å². The van der Waals surface area contributed by atoms with Crippen molar-refractivity contribution in [1.82, 2.24) is 14.5 Å². The summed E-state index contributed by atoms with van der Waals surface area (Å²) in [5.74, 6) is 1.35. The van der Waals surface area contributed by atoms with Gasteiger partial charge in [-0.25, -0.2) is 4.98 Å². The van der Waals surface area contributed by atoms with Crippen molar-refractivity contribution in [2.75, 3.05) is 18.8 Å². The van der Waals surface area contributed by atoms with Crippen LogP contribution in [0.2, 0.25) is 0 Å². The van der Waals surface area contributed by atoms with Gasteiger partial charge in [-0.2, -0.15) is 0 Å². The summed E-state index contributed by atoms with van der Waals surface area (Å²) in [7, 11) is 0. The molecule has 0 radical (unpaired) electrons. The molecule has 0 spiro atoms. The van der Waals surface area contributed by atoms with Crippen molar-refractivity contribution in [2.24, 2.45) is 5.92 Å². The van der Waals surface area contributed by atoms with E-state index in [0.29, 0.717) is 12.5 Å². The van der Waals surface area contributed by atoms with E-state index in [0.717, 1.165) is 49.7 Å². The molecular weight excluding hydrogens is 346 g/mol. The maximum Gasteiger partial charge on any atom is 0.267 e. The highest BCUT2D eigenvalue weighted by molar-refractivity contribution is 7.99. The zero-order valence-electron chi connectivity index (χ0n) is 14.8. The number of aromatic nitrogens is 2. The number of nitrogens with zero attached hydrogens (tertiary/aromatic N) is 3. The molecule has 1 amide bonds. The number of carbonyl (C=O) groups is 1. The Morgan fingerprint density at radius 3 is 2.69 bits per heavy atom. The van der Waals surface area contributed by atoms with Crippen molar-refractivity contribution in [2.45, 2.75) is 37.4 Å². The molecule has 5 nitrogen and oxygen atoms in total. The van der Waals surface area contributed by atoms with Crippen LogP contribution in [0.25, 0.3) is 0 Å². The summed E-state index contributed by atoms with van der Waals surface area (Å²) in [5.41, 5.74) is 1.41. The van der Waals surface area contributed by atoms with Crippen molar-refractivity contribution in [3.8, 4) is 0 Å². The van der Waals surface area contributed by atoms with Crippen LogP contribution in [0.4, 0.5) is 0 Å². The SMILES string of the molecule is O=C(c1cnc2n(c1=O)CCS2)N1CCC(CCc2ccccc2)CC1. The van der Waals surface area contributed by atoms with Gasteiger partial charge >= 0.3 is 0 Å². The van der Waals surface area contributed by atoms with Crippen LogP contribution < -0.4 is 5.56 Å². The Hall–Kier alpha value is -2.08. The van der Waals surface area contributed by atoms with E-state index in [2.05, 4.69) is 29.2 Å². The van der Waals surface area contributed by atoms with Gasteiger partial charge in [-0.3, -0.25) is 14.2 Å². The van der Waals surface area contributed by atoms with Crippen molar-refractivity contribution in [3.63, 3.8) is 0 Å². The van der Waals surface area contributed by atoms with Gasteiger partial charge in [0.1, 0.15) is 5.56 Å². The second kappa shape index (κ2) is 7.66. The first-order valence-electron chi connectivity index (χ1n) is 9.28. The molecule has 2 aliphatic heterocycles. The van der Waals surface area contributed by atoms with Gasteiger partial charge < -0.3 is 4.90 Å². The van der Waals surface area contributed by atoms with Crippen LogP contribution in [-0.4, -0.2) is 39.2 Å². The lowest BCUT2D eigenvalue weighted by Crippen LogP contribution is -2.41. The number of carbonyl (C=O) groups excluding carboxylic acids is 1. The lowest BCUT2D eigenvalue weighted by Gasteiger charge is -2.32. The number of thioether (sulfide) groups is 1. The van der Waals surface area contributed by atoms with E-state index >= 15 is 0 Å². The zero-order chi connectivity index (χ0) is 17.9. The number of hydrogen-bond acceptors (Lipinski definition) is 4. The van der Waals surface area contributed by atoms with E-state index in [1.54, 1.807) is 16.3 Å². The van der Waals surface area contributed by atoms with Crippen LogP contribution in [0.3, 0.4) is 0 Å². The minimum atomic E-state index is -0.184. The molecular formula is C20H23N3O2S. The van der Waals surface area contributed by atoms with Gasteiger partial charge in [-0.15, -0.1) is 0 Å². The highest BCUT2D eigenvalue weighted by Crippen LogP contribution is 2.24. The average molecular weight is 369 g/mol. The minimum Gasteiger partial charge on any atom is -0.338 e. The number of benzene rings is 1. The molecule has 1 fully saturated rings. The number of rotatable bonds is 4. The molecule has 1 aromatic heterocycles. The van der Waals surface area contributed by atoms with E-state index in [1.165, 1.54) is 11.8 Å². The molecule has 2 aliphatic rings. The molecule has 2 aromatic rings. The molecule has 26 heavy (non-hydrogen) atoms. The van der Waals surface area contributed by atoms with Crippen molar-refractivity contribution in [3.05, 3.63) is 58.0 Å². The third-order valence-electron chi connectivity index (χ3n) is 5.37. The van der Waals surface area contributed by atoms with Gasteiger partial charge in [-0.05, 0) is 37.2 Å². The van der Waals surface area contributed by atoms with Crippen LogP contribution in [-0.2, 0) is 13.0 Å². The predicted molar refractivity (Wildman–Crippen MR) is 103 cm³/mol. The first kappa shape index (κ1) is 17.3. The fourth-order valence-electron chi connectivity index (χ4n) is 3.77. The highest BCUT2D eigenvalue weighted by Gasteiger charge is 2.27. The normalized spacial score (nSPS) is 17.3. The van der Waals surface area contributed by atoms with Gasteiger partial charge in [0.15, 0.2) is 5.16 Å². The Balaban J connectivity index is 1.35. The molecule has 1 saturated heterocycles. The zero-order valence-corrected chi connectivity index (χ0v) is 15.6. The lowest BCUT2D eigenvalue weighted by molar-refractivity contribution is 0.0683. The Morgan fingerprint density at radius 1 is 1.15 bits per heavy atom. The Bertz CT molecular complexity index is 842. The number of hydrogen-bond donors (Lipinski definition) is 0. The quantitative estimate of drug-likeness (QED) is 0.778. The summed E-state index contributed by atoms with van der Waals surface area (Å²) in [4.78, 5) is 31.4. The Labute approximate surface area is 157 Å². The van der Waals surface area contributed by atoms with Gasteiger partial charge in [0, 0.05) is 31.6 Å². The van der Waals surface area contributed by atoms with Crippen molar-refractivity contribution >= 4 is 17.7 Å². The molecule has 6 heteroatoms. The first-order chi connectivity index (χ1) is 12.7. The number of aryl methyl sites for hydroxylation is 1. The van der Waals surface area contributed by atoms with Crippen LogP contribution in [0.5, 0.6) is 0 Å². The minimum absolute atomic E-state index is 0.156. The second-order valence-corrected chi connectivity index (χ2v) is 8.08. The Morgan fingerprint density at radius 2 is 1.92 bits per heavy atom. The standard InChI is InChI=1S/C20H23N3O2S/c24-18(17-14-21-20-23(19(17)25)12-13-26-20)22-10-8-16(9-11-22)7-6-15-4-2-1-3-5-15/h1-5,14,16H,6-13H2. The number of fused-ring (bicyclic) bond motifs is 1. The fraction of sp³-hybridized carbons (Fsp3) is 0.450. The lowest BCUT2D eigenvalue weighted by atomic mass is 9.90. The van der Waals surface area contributed by atoms with E-state index < -0.39 is 0 Å². The summed E-state index contributed by atoms with van der Waals surface area (Å²) in [5, 5.41) is 0.728. The highest BCUT2D eigenvalue weighted by atomic mass is 32.2. The summed E-state index contributed by atoms with van der Waals surface area (Å²) in [6.07, 6.45) is 5.73. The predicted octanol–water partition coefficient (Wildman–Crippen LogP) is 2.83. The summed E-state index contributed by atoms with van der Waals surface area (Å²) in [6.45, 7) is 2.11. The smallest absolute Gasteiger partial charge is 0.267 e. The fourth-order valence-corrected chi connectivity index (χ4v) is 4.69. The molecule has 1 aromatic carbocycles. The second-order valence-electron chi connectivity index (χ2n) is 7.02. The maximum absolute atomic E-state index is 12.8. The number of piperidine rings is 1. The van der Waals surface area contributed by atoms with E-state index in [1.807, 2.05) is 11.0 Å². The number of likely N-dealkylation sites (tertiary alicyclic amines) is 1. The Kier molecular flexibility index (Phi) is 5.11. The van der Waals surface area contributed by atoms with Crippen LogP contribution in [0.1, 0.15) is 35.2 Å². The van der Waals surface area contributed by atoms with Gasteiger partial charge in [0.05, 0.1) is 0 Å². The summed E-state index contributed by atoms with van der Waals surface area (Å²) < 4.78 is 1.63. The third-order valence-corrected chi connectivity index (χ3v) is 6.34. The van der Waals surface area contributed by atoms with Gasteiger partial charge in [-0.1, -0.05) is 42.1 Å². The maximum atomic E-state index is 12.8.